The second-order valence-corrected chi connectivity index (χ2v) is 4.45. The normalized spacial score (nSPS) is 10.9. The van der Waals surface area contributed by atoms with Crippen molar-refractivity contribution >= 4 is 11.3 Å². The van der Waals surface area contributed by atoms with Crippen LogP contribution in [0.15, 0.2) is 15.9 Å². The number of hydrogen-bond acceptors (Lipinski definition) is 5. The van der Waals surface area contributed by atoms with E-state index < -0.39 is 0 Å². The van der Waals surface area contributed by atoms with Crippen molar-refractivity contribution in [2.45, 2.75) is 20.3 Å². The van der Waals surface area contributed by atoms with Crippen molar-refractivity contribution in [3.8, 4) is 10.8 Å². The number of hydrogen-bond donors (Lipinski definition) is 1. The highest BCUT2D eigenvalue weighted by atomic mass is 32.1. The van der Waals surface area contributed by atoms with Gasteiger partial charge in [0.2, 0.25) is 5.89 Å². The van der Waals surface area contributed by atoms with Crippen LogP contribution in [0.1, 0.15) is 18.4 Å². The van der Waals surface area contributed by atoms with Crippen LogP contribution in [0.2, 0.25) is 0 Å². The Labute approximate surface area is 98.7 Å². The highest BCUT2D eigenvalue weighted by molar-refractivity contribution is 7.13. The van der Waals surface area contributed by atoms with Gasteiger partial charge in [-0.1, -0.05) is 6.92 Å². The zero-order valence-electron chi connectivity index (χ0n) is 9.49. The van der Waals surface area contributed by atoms with Gasteiger partial charge in [0.15, 0.2) is 0 Å². The highest BCUT2D eigenvalue weighted by Gasteiger charge is 2.11. The fourth-order valence-electron chi connectivity index (χ4n) is 1.41. The van der Waals surface area contributed by atoms with E-state index in [9.17, 15) is 0 Å². The van der Waals surface area contributed by atoms with Crippen LogP contribution in [0.25, 0.3) is 10.8 Å². The second-order valence-electron chi connectivity index (χ2n) is 3.54. The van der Waals surface area contributed by atoms with Crippen LogP contribution >= 0.6 is 11.3 Å². The van der Waals surface area contributed by atoms with E-state index >= 15 is 0 Å². The van der Waals surface area contributed by atoms with Gasteiger partial charge in [0, 0.05) is 13.0 Å². The van der Waals surface area contributed by atoms with Crippen molar-refractivity contribution in [2.24, 2.45) is 0 Å². The molecule has 2 aromatic heterocycles. The van der Waals surface area contributed by atoms with Crippen LogP contribution in [0.3, 0.4) is 0 Å². The summed E-state index contributed by atoms with van der Waals surface area (Å²) in [5.41, 5.74) is 1.19. The molecular formula is C11H15N3OS. The molecule has 0 aliphatic heterocycles. The summed E-state index contributed by atoms with van der Waals surface area (Å²) in [5, 5.41) is 13.4. The summed E-state index contributed by atoms with van der Waals surface area (Å²) in [6.45, 7) is 5.97. The molecule has 2 rings (SSSR count). The molecule has 16 heavy (non-hydrogen) atoms. The summed E-state index contributed by atoms with van der Waals surface area (Å²) in [4.78, 5) is 1.07. The lowest BCUT2D eigenvalue weighted by atomic mass is 10.3. The van der Waals surface area contributed by atoms with Crippen LogP contribution in [0.5, 0.6) is 0 Å². The minimum absolute atomic E-state index is 0.638. The van der Waals surface area contributed by atoms with E-state index in [0.29, 0.717) is 11.8 Å². The van der Waals surface area contributed by atoms with Crippen LogP contribution in [0.4, 0.5) is 0 Å². The molecule has 86 valence electrons. The van der Waals surface area contributed by atoms with Crippen molar-refractivity contribution in [1.29, 1.82) is 0 Å². The molecule has 4 nitrogen and oxygen atoms in total. The lowest BCUT2D eigenvalue weighted by Gasteiger charge is -1.96. The lowest BCUT2D eigenvalue weighted by molar-refractivity contribution is 0.497. The van der Waals surface area contributed by atoms with Crippen LogP contribution < -0.4 is 5.32 Å². The van der Waals surface area contributed by atoms with Gasteiger partial charge < -0.3 is 9.73 Å². The Morgan fingerprint density at radius 1 is 1.44 bits per heavy atom. The molecule has 0 spiro atoms. The van der Waals surface area contributed by atoms with Gasteiger partial charge in [-0.2, -0.15) is 0 Å². The Morgan fingerprint density at radius 3 is 3.00 bits per heavy atom. The molecule has 1 N–H and O–H groups in total. The molecule has 0 amide bonds. The molecule has 0 radical (unpaired) electrons. The molecule has 2 heterocycles. The number of likely N-dealkylation sites (N-methyl/N-ethyl adjacent to an activating group) is 1. The van der Waals surface area contributed by atoms with Gasteiger partial charge in [0.05, 0.1) is 4.88 Å². The van der Waals surface area contributed by atoms with Gasteiger partial charge in [-0.15, -0.1) is 21.5 Å². The summed E-state index contributed by atoms with van der Waals surface area (Å²) in [5.74, 6) is 1.34. The molecule has 0 aromatic carbocycles. The Kier molecular flexibility index (Phi) is 3.69. The van der Waals surface area contributed by atoms with E-state index in [0.717, 1.165) is 24.4 Å². The van der Waals surface area contributed by atoms with Gasteiger partial charge >= 0.3 is 0 Å². The van der Waals surface area contributed by atoms with Gasteiger partial charge in [0.1, 0.15) is 0 Å². The first-order valence-electron chi connectivity index (χ1n) is 5.39. The minimum atomic E-state index is 0.638. The molecule has 0 fully saturated rings. The molecule has 0 aliphatic carbocycles. The number of nitrogens with zero attached hydrogens (tertiary/aromatic N) is 2. The summed E-state index contributed by atoms with van der Waals surface area (Å²) in [6.07, 6.45) is 0.783. The largest absolute Gasteiger partial charge is 0.420 e. The van der Waals surface area contributed by atoms with Gasteiger partial charge in [-0.25, -0.2) is 0 Å². The van der Waals surface area contributed by atoms with Crippen LogP contribution in [0, 0.1) is 6.92 Å². The fourth-order valence-corrected chi connectivity index (χ4v) is 2.26. The van der Waals surface area contributed by atoms with Crippen LogP contribution in [-0.2, 0) is 6.42 Å². The number of rotatable bonds is 5. The molecule has 5 heteroatoms. The Bertz CT molecular complexity index is 450. The quantitative estimate of drug-likeness (QED) is 0.810. The van der Waals surface area contributed by atoms with E-state index in [2.05, 4.69) is 28.5 Å². The Balaban J connectivity index is 2.05. The number of thiophene rings is 1. The molecular weight excluding hydrogens is 222 g/mol. The average molecular weight is 237 g/mol. The molecule has 0 saturated carbocycles. The average Bonchev–Trinajstić information content (AvgIpc) is 2.87. The van der Waals surface area contributed by atoms with Crippen molar-refractivity contribution in [2.75, 3.05) is 13.1 Å². The second kappa shape index (κ2) is 5.23. The Morgan fingerprint density at radius 2 is 2.31 bits per heavy atom. The lowest BCUT2D eigenvalue weighted by Crippen LogP contribution is -2.16. The topological polar surface area (TPSA) is 51.0 Å². The van der Waals surface area contributed by atoms with Gasteiger partial charge in [-0.3, -0.25) is 0 Å². The zero-order chi connectivity index (χ0) is 11.4. The van der Waals surface area contributed by atoms with Crippen molar-refractivity contribution in [3.63, 3.8) is 0 Å². The fraction of sp³-hybridized carbons (Fsp3) is 0.455. The molecule has 2 aromatic rings. The van der Waals surface area contributed by atoms with Crippen LogP contribution in [-0.4, -0.2) is 23.3 Å². The van der Waals surface area contributed by atoms with E-state index in [1.54, 1.807) is 11.3 Å². The third-order valence-corrected chi connectivity index (χ3v) is 3.29. The molecule has 0 atom stereocenters. The summed E-state index contributed by atoms with van der Waals surface area (Å²) >= 11 is 1.63. The maximum absolute atomic E-state index is 5.60. The maximum Gasteiger partial charge on any atom is 0.257 e. The van der Waals surface area contributed by atoms with E-state index in [4.69, 9.17) is 4.42 Å². The standard InChI is InChI=1S/C11H15N3OS/c1-3-12-6-4-9-13-14-11(15-9)10-8(2)5-7-16-10/h5,7,12H,3-4,6H2,1-2H3. The predicted octanol–water partition coefficient (Wildman–Crippen LogP) is 2.26. The first-order chi connectivity index (χ1) is 7.81. The SMILES string of the molecule is CCNCCc1nnc(-c2sccc2C)o1. The summed E-state index contributed by atoms with van der Waals surface area (Å²) in [7, 11) is 0. The Hall–Kier alpha value is -1.20. The third-order valence-electron chi connectivity index (χ3n) is 2.29. The first-order valence-corrected chi connectivity index (χ1v) is 6.26. The summed E-state index contributed by atoms with van der Waals surface area (Å²) < 4.78 is 5.60. The highest BCUT2D eigenvalue weighted by Crippen LogP contribution is 2.27. The number of aromatic nitrogens is 2. The van der Waals surface area contributed by atoms with Gasteiger partial charge in [-0.05, 0) is 30.5 Å². The zero-order valence-corrected chi connectivity index (χ0v) is 10.3. The van der Waals surface area contributed by atoms with E-state index in [1.165, 1.54) is 5.56 Å². The minimum Gasteiger partial charge on any atom is -0.420 e. The third kappa shape index (κ3) is 2.48. The number of nitrogens with one attached hydrogen (secondary N) is 1. The number of aryl methyl sites for hydroxylation is 1. The predicted molar refractivity (Wildman–Crippen MR) is 64.6 cm³/mol. The van der Waals surface area contributed by atoms with E-state index in [-0.39, 0.29) is 0 Å². The maximum atomic E-state index is 5.60. The smallest absolute Gasteiger partial charge is 0.257 e. The van der Waals surface area contributed by atoms with Crippen molar-refractivity contribution < 1.29 is 4.42 Å². The molecule has 0 saturated heterocycles. The van der Waals surface area contributed by atoms with E-state index in [1.807, 2.05) is 12.3 Å². The monoisotopic (exact) mass is 237 g/mol. The molecule has 0 aliphatic rings. The van der Waals surface area contributed by atoms with Crippen molar-refractivity contribution in [1.82, 2.24) is 15.5 Å². The van der Waals surface area contributed by atoms with Gasteiger partial charge in [0.25, 0.3) is 5.89 Å². The molecule has 0 unspecified atom stereocenters. The van der Waals surface area contributed by atoms with Crippen molar-refractivity contribution in [3.05, 3.63) is 22.9 Å². The first kappa shape index (κ1) is 11.3. The summed E-state index contributed by atoms with van der Waals surface area (Å²) in [6, 6.07) is 2.06. The molecule has 0 bridgehead atoms.